The molecule has 0 spiro atoms. The summed E-state index contributed by atoms with van der Waals surface area (Å²) in [5.74, 6) is 0.718. The predicted molar refractivity (Wildman–Crippen MR) is 131 cm³/mol. The highest BCUT2D eigenvalue weighted by Gasteiger charge is 2.39. The molecule has 1 aliphatic carbocycles. The van der Waals surface area contributed by atoms with Crippen LogP contribution in [0.4, 0.5) is 8.78 Å². The summed E-state index contributed by atoms with van der Waals surface area (Å²) in [6.45, 7) is -2.89. The third kappa shape index (κ3) is 4.90. The topological polar surface area (TPSA) is 98.8 Å². The zero-order valence-corrected chi connectivity index (χ0v) is 20.4. The van der Waals surface area contributed by atoms with E-state index in [0.717, 1.165) is 32.2 Å². The largest absolute Gasteiger partial charge is 0.484 e. The predicted octanol–water partition coefficient (Wildman–Crippen LogP) is 5.43. The lowest BCUT2D eigenvalue weighted by Crippen LogP contribution is -2.09. The Morgan fingerprint density at radius 2 is 1.88 bits per heavy atom. The highest BCUT2D eigenvalue weighted by atomic mass is 79.9. The number of hydrogen-bond donors (Lipinski definition) is 0. The van der Waals surface area contributed by atoms with Crippen molar-refractivity contribution in [2.24, 2.45) is 0 Å². The van der Waals surface area contributed by atoms with E-state index in [1.807, 2.05) is 65.4 Å². The third-order valence-corrected chi connectivity index (χ3v) is 6.76. The van der Waals surface area contributed by atoms with Crippen molar-refractivity contribution in [3.63, 3.8) is 0 Å². The summed E-state index contributed by atoms with van der Waals surface area (Å²) in [5.41, 5.74) is 3.22. The van der Waals surface area contributed by atoms with Crippen LogP contribution in [0.5, 0.6) is 11.5 Å². The fourth-order valence-electron chi connectivity index (χ4n) is 4.26. The second-order valence-corrected chi connectivity index (χ2v) is 9.24. The maximum atomic E-state index is 13.1. The third-order valence-electron chi connectivity index (χ3n) is 5.56. The number of para-hydroxylation sites is 1. The highest BCUT2D eigenvalue weighted by Crippen LogP contribution is 2.48. The van der Waals surface area contributed by atoms with Crippen molar-refractivity contribution in [3.8, 4) is 11.5 Å². The molecule has 4 aromatic rings. The first-order chi connectivity index (χ1) is 15.5. The molecule has 0 aliphatic heterocycles. The van der Waals surface area contributed by atoms with Crippen LogP contribution < -0.4 is 9.47 Å². The lowest BCUT2D eigenvalue weighted by molar-refractivity contribution is -0.0505. The Labute approximate surface area is 207 Å². The summed E-state index contributed by atoms with van der Waals surface area (Å²) in [6.07, 6.45) is 4.22. The maximum absolute atomic E-state index is 13.1. The van der Waals surface area contributed by atoms with Crippen LogP contribution in [0.3, 0.4) is 0 Å². The zero-order chi connectivity index (χ0) is 22.2. The minimum Gasteiger partial charge on any atom is -0.484 e. The Balaban J connectivity index is 0.00000162. The first kappa shape index (κ1) is 26.0. The number of benzene rings is 2. The van der Waals surface area contributed by atoms with Crippen LogP contribution in [0.25, 0.3) is 5.65 Å². The Hall–Kier alpha value is -2.66. The number of aromatic nitrogens is 2. The van der Waals surface area contributed by atoms with Crippen molar-refractivity contribution in [2.45, 2.75) is 29.9 Å². The smallest absolute Gasteiger partial charge is 0.387 e. The number of rotatable bonds is 6. The summed E-state index contributed by atoms with van der Waals surface area (Å²) < 4.78 is 40.3. The van der Waals surface area contributed by atoms with Gasteiger partial charge in [0.05, 0.1) is 5.69 Å². The molecule has 2 aromatic heterocycles. The van der Waals surface area contributed by atoms with Gasteiger partial charge in [-0.05, 0) is 58.6 Å². The summed E-state index contributed by atoms with van der Waals surface area (Å²) in [4.78, 5) is 5.95. The van der Waals surface area contributed by atoms with Crippen LogP contribution in [0.2, 0.25) is 0 Å². The monoisotopic (exact) mass is 552 g/mol. The molecule has 5 rings (SSSR count). The fraction of sp³-hybridized carbons (Fsp3) is 0.208. The van der Waals surface area contributed by atoms with Gasteiger partial charge in [0, 0.05) is 33.5 Å². The van der Waals surface area contributed by atoms with Crippen LogP contribution in [-0.4, -0.2) is 33.2 Å². The van der Waals surface area contributed by atoms with E-state index in [1.54, 1.807) is 23.9 Å². The highest BCUT2D eigenvalue weighted by molar-refractivity contribution is 9.10. The Morgan fingerprint density at radius 1 is 1.09 bits per heavy atom. The quantitative estimate of drug-likeness (QED) is 0.298. The van der Waals surface area contributed by atoms with Gasteiger partial charge in [-0.25, -0.2) is 4.98 Å². The van der Waals surface area contributed by atoms with E-state index in [-0.39, 0.29) is 28.7 Å². The lowest BCUT2D eigenvalue weighted by Gasteiger charge is -2.18. The van der Waals surface area contributed by atoms with Crippen LogP contribution in [0.15, 0.2) is 76.2 Å². The molecule has 0 fully saturated rings. The molecule has 0 radical (unpaired) electrons. The second-order valence-electron chi connectivity index (χ2n) is 7.45. The minimum atomic E-state index is -2.89. The molecule has 0 saturated carbocycles. The first-order valence-electron chi connectivity index (χ1n) is 10.1. The number of nitrogens with zero attached hydrogens (tertiary/aromatic N) is 2. The van der Waals surface area contributed by atoms with Crippen molar-refractivity contribution >= 4 is 33.3 Å². The minimum absolute atomic E-state index is 0. The molecule has 0 unspecified atom stereocenters. The molecule has 4 N–H and O–H groups in total. The average molecular weight is 553 g/mol. The van der Waals surface area contributed by atoms with E-state index >= 15 is 0 Å². The van der Waals surface area contributed by atoms with Gasteiger partial charge in [0.2, 0.25) is 0 Å². The van der Waals surface area contributed by atoms with Crippen molar-refractivity contribution in [1.29, 1.82) is 0 Å². The van der Waals surface area contributed by atoms with Crippen molar-refractivity contribution in [2.75, 3.05) is 6.26 Å². The molecule has 180 valence electrons. The maximum Gasteiger partial charge on any atom is 0.387 e. The Morgan fingerprint density at radius 3 is 2.65 bits per heavy atom. The van der Waals surface area contributed by atoms with Gasteiger partial charge in [-0.1, -0.05) is 24.3 Å². The number of ether oxygens (including phenoxy) is 2. The lowest BCUT2D eigenvalue weighted by atomic mass is 9.95. The number of thioether (sulfide) groups is 1. The number of pyridine rings is 1. The average Bonchev–Trinajstić information content (AvgIpc) is 3.31. The Kier molecular flexibility index (Phi) is 8.19. The molecular weight excluding hydrogens is 530 g/mol. The van der Waals surface area contributed by atoms with Gasteiger partial charge in [0.25, 0.3) is 0 Å². The normalized spacial score (nSPS) is 16.6. The Bertz CT molecular complexity index is 1290. The number of alkyl halides is 2. The summed E-state index contributed by atoms with van der Waals surface area (Å²) >= 11 is 5.17. The first-order valence-corrected chi connectivity index (χ1v) is 12.1. The molecule has 2 aromatic carbocycles. The van der Waals surface area contributed by atoms with Gasteiger partial charge in [-0.3, -0.25) is 0 Å². The molecule has 1 aliphatic rings. The molecule has 0 amide bonds. The van der Waals surface area contributed by atoms with Crippen LogP contribution >= 0.6 is 27.7 Å². The van der Waals surface area contributed by atoms with Crippen molar-refractivity contribution in [1.82, 2.24) is 9.38 Å². The number of halogens is 3. The molecular formula is C24H23BrF2N2O4S. The summed E-state index contributed by atoms with van der Waals surface area (Å²) in [6, 6.07) is 18.7. The van der Waals surface area contributed by atoms with Crippen LogP contribution in [0.1, 0.15) is 35.4 Å². The number of hydrogen-bond acceptors (Lipinski definition) is 4. The van der Waals surface area contributed by atoms with E-state index in [2.05, 4.69) is 15.9 Å². The van der Waals surface area contributed by atoms with E-state index in [4.69, 9.17) is 14.5 Å². The summed E-state index contributed by atoms with van der Waals surface area (Å²) in [5, 5.41) is 0. The van der Waals surface area contributed by atoms with E-state index < -0.39 is 6.61 Å². The molecule has 0 bridgehead atoms. The second kappa shape index (κ2) is 10.7. The van der Waals surface area contributed by atoms with E-state index in [9.17, 15) is 8.78 Å². The fourth-order valence-corrected chi connectivity index (χ4v) is 5.05. The SMILES string of the molecule is CSc1cccc(O[C@@H]2C[C@H](c3ccccc3OC(F)F)c3c2nc2ccc(Br)cn32)c1.O.O. The van der Waals surface area contributed by atoms with Gasteiger partial charge >= 0.3 is 6.61 Å². The van der Waals surface area contributed by atoms with E-state index in [0.29, 0.717) is 12.0 Å². The summed E-state index contributed by atoms with van der Waals surface area (Å²) in [7, 11) is 0. The van der Waals surface area contributed by atoms with Gasteiger partial charge in [0.1, 0.15) is 28.9 Å². The molecule has 0 saturated heterocycles. The standard InChI is InChI=1S/C24H19BrF2N2O2S.2H2O/c1-32-16-6-4-5-15(11-16)30-20-12-18(17-7-2-3-8-19(17)31-24(26)27)23-22(20)28-21-10-9-14(25)13-29(21)23;;/h2-11,13,18,20,24H,12H2,1H3;2*1H2/t18-,20-;;/m1../s1. The van der Waals surface area contributed by atoms with Crippen molar-refractivity contribution in [3.05, 3.63) is 88.3 Å². The number of imidazole rings is 1. The van der Waals surface area contributed by atoms with Crippen molar-refractivity contribution < 1.29 is 29.2 Å². The number of fused-ring (bicyclic) bond motifs is 3. The zero-order valence-electron chi connectivity index (χ0n) is 18.0. The molecule has 2 heterocycles. The van der Waals surface area contributed by atoms with Gasteiger partial charge in [0.15, 0.2) is 0 Å². The molecule has 10 heteroatoms. The van der Waals surface area contributed by atoms with Gasteiger partial charge in [-0.15, -0.1) is 11.8 Å². The molecule has 2 atom stereocenters. The molecule has 34 heavy (non-hydrogen) atoms. The van der Waals surface area contributed by atoms with Gasteiger partial charge < -0.3 is 24.8 Å². The van der Waals surface area contributed by atoms with Gasteiger partial charge in [-0.2, -0.15) is 8.78 Å². The van der Waals surface area contributed by atoms with Crippen LogP contribution in [-0.2, 0) is 0 Å². The van der Waals surface area contributed by atoms with Crippen LogP contribution in [0, 0.1) is 0 Å². The molecule has 6 nitrogen and oxygen atoms in total. The van der Waals surface area contributed by atoms with E-state index in [1.165, 1.54) is 0 Å².